The predicted octanol–water partition coefficient (Wildman–Crippen LogP) is 3.84. The van der Waals surface area contributed by atoms with Gasteiger partial charge in [0.2, 0.25) is 0 Å². The quantitative estimate of drug-likeness (QED) is 0.843. The third kappa shape index (κ3) is 3.18. The highest BCUT2D eigenvalue weighted by atomic mass is 32.1. The second-order valence-electron chi connectivity index (χ2n) is 6.64. The first-order chi connectivity index (χ1) is 12.1. The molecule has 6 heteroatoms. The van der Waals surface area contributed by atoms with Gasteiger partial charge < -0.3 is 19.6 Å². The molecule has 2 aliphatic heterocycles. The number of ether oxygens (including phenoxy) is 1. The van der Waals surface area contributed by atoms with Gasteiger partial charge in [-0.2, -0.15) is 0 Å². The third-order valence-electron chi connectivity index (χ3n) is 4.79. The molecule has 1 aromatic heterocycles. The number of hydrogen-bond donors (Lipinski definition) is 1. The summed E-state index contributed by atoms with van der Waals surface area (Å²) in [4.78, 5) is 18.8. The SMILES string of the molecule is Cc1ccc(-c2cc(O)c3c(c2)CN(C(=O)N2CCCC2)CCO3)s1. The van der Waals surface area contributed by atoms with Crippen LogP contribution in [0.1, 0.15) is 23.3 Å². The number of aryl methyl sites for hydroxylation is 1. The van der Waals surface area contributed by atoms with Crippen LogP contribution in [0.4, 0.5) is 4.79 Å². The standard InChI is InChI=1S/C19H22N2O3S/c1-13-4-5-17(25-13)14-10-15-12-21(19(23)20-6-2-3-7-20)8-9-24-18(15)16(22)11-14/h4-5,10-11,22H,2-3,6-9,12H2,1H3. The Balaban J connectivity index is 1.65. The largest absolute Gasteiger partial charge is 0.504 e. The number of hydrogen-bond acceptors (Lipinski definition) is 4. The molecule has 25 heavy (non-hydrogen) atoms. The average molecular weight is 358 g/mol. The number of nitrogens with zero attached hydrogens (tertiary/aromatic N) is 2. The molecular weight excluding hydrogens is 336 g/mol. The number of fused-ring (bicyclic) bond motifs is 1. The molecule has 0 spiro atoms. The molecule has 2 aliphatic rings. The monoisotopic (exact) mass is 358 g/mol. The molecule has 1 fully saturated rings. The highest BCUT2D eigenvalue weighted by Gasteiger charge is 2.27. The van der Waals surface area contributed by atoms with Crippen molar-refractivity contribution in [2.75, 3.05) is 26.2 Å². The van der Waals surface area contributed by atoms with Crippen LogP contribution in [0.3, 0.4) is 0 Å². The van der Waals surface area contributed by atoms with Crippen LogP contribution in [-0.4, -0.2) is 47.2 Å². The van der Waals surface area contributed by atoms with E-state index in [9.17, 15) is 9.90 Å². The van der Waals surface area contributed by atoms with Crippen molar-refractivity contribution >= 4 is 17.4 Å². The average Bonchev–Trinajstić information content (AvgIpc) is 3.22. The number of carbonyl (C=O) groups excluding carboxylic acids is 1. The zero-order chi connectivity index (χ0) is 17.4. The summed E-state index contributed by atoms with van der Waals surface area (Å²) < 4.78 is 5.76. The Morgan fingerprint density at radius 3 is 2.68 bits per heavy atom. The maximum Gasteiger partial charge on any atom is 0.320 e. The summed E-state index contributed by atoms with van der Waals surface area (Å²) in [6, 6.07) is 8.00. The molecule has 132 valence electrons. The summed E-state index contributed by atoms with van der Waals surface area (Å²) in [5.41, 5.74) is 1.83. The predicted molar refractivity (Wildman–Crippen MR) is 98.3 cm³/mol. The minimum atomic E-state index is 0.0748. The van der Waals surface area contributed by atoms with E-state index in [0.29, 0.717) is 25.4 Å². The van der Waals surface area contributed by atoms with Gasteiger partial charge >= 0.3 is 6.03 Å². The summed E-state index contributed by atoms with van der Waals surface area (Å²) in [6.45, 7) is 5.15. The molecule has 1 N–H and O–H groups in total. The molecule has 0 bridgehead atoms. The van der Waals surface area contributed by atoms with Gasteiger partial charge in [0, 0.05) is 28.4 Å². The summed E-state index contributed by atoms with van der Waals surface area (Å²) in [5.74, 6) is 0.655. The Morgan fingerprint density at radius 1 is 1.16 bits per heavy atom. The molecule has 0 saturated carbocycles. The van der Waals surface area contributed by atoms with Crippen molar-refractivity contribution in [1.29, 1.82) is 0 Å². The van der Waals surface area contributed by atoms with E-state index in [2.05, 4.69) is 19.1 Å². The van der Waals surface area contributed by atoms with Crippen LogP contribution in [0.2, 0.25) is 0 Å². The van der Waals surface area contributed by atoms with E-state index in [1.165, 1.54) is 4.88 Å². The Bertz CT molecular complexity index is 796. The molecule has 3 heterocycles. The fraction of sp³-hybridized carbons (Fsp3) is 0.421. The first-order valence-corrected chi connectivity index (χ1v) is 9.53. The van der Waals surface area contributed by atoms with Crippen LogP contribution in [0.25, 0.3) is 10.4 Å². The lowest BCUT2D eigenvalue weighted by Crippen LogP contribution is -2.42. The van der Waals surface area contributed by atoms with Crippen molar-refractivity contribution in [2.24, 2.45) is 0 Å². The van der Waals surface area contributed by atoms with Crippen molar-refractivity contribution in [1.82, 2.24) is 9.80 Å². The Kier molecular flexibility index (Phi) is 4.29. The lowest BCUT2D eigenvalue weighted by Gasteiger charge is -2.26. The van der Waals surface area contributed by atoms with Crippen LogP contribution in [0.15, 0.2) is 24.3 Å². The Hall–Kier alpha value is -2.21. The number of aromatic hydroxyl groups is 1. The first kappa shape index (κ1) is 16.3. The number of urea groups is 1. The molecular formula is C19H22N2O3S. The van der Waals surface area contributed by atoms with E-state index >= 15 is 0 Å². The lowest BCUT2D eigenvalue weighted by atomic mass is 10.1. The van der Waals surface area contributed by atoms with Crippen LogP contribution in [-0.2, 0) is 6.54 Å². The zero-order valence-electron chi connectivity index (χ0n) is 14.3. The lowest BCUT2D eigenvalue weighted by molar-refractivity contribution is 0.154. The molecule has 0 atom stereocenters. The van der Waals surface area contributed by atoms with E-state index in [-0.39, 0.29) is 11.8 Å². The smallest absolute Gasteiger partial charge is 0.320 e. The van der Waals surface area contributed by atoms with E-state index in [4.69, 9.17) is 4.74 Å². The fourth-order valence-electron chi connectivity index (χ4n) is 3.50. The van der Waals surface area contributed by atoms with Gasteiger partial charge in [0.25, 0.3) is 0 Å². The molecule has 1 aromatic carbocycles. The van der Waals surface area contributed by atoms with Crippen molar-refractivity contribution in [3.05, 3.63) is 34.7 Å². The van der Waals surface area contributed by atoms with E-state index in [0.717, 1.165) is 41.9 Å². The van der Waals surface area contributed by atoms with Crippen LogP contribution < -0.4 is 4.74 Å². The van der Waals surface area contributed by atoms with E-state index in [1.807, 2.05) is 15.9 Å². The minimum Gasteiger partial charge on any atom is -0.504 e. The topological polar surface area (TPSA) is 53.0 Å². The summed E-state index contributed by atoms with van der Waals surface area (Å²) in [6.07, 6.45) is 2.16. The normalized spacial score (nSPS) is 17.2. The van der Waals surface area contributed by atoms with Gasteiger partial charge in [0.1, 0.15) is 6.61 Å². The molecule has 0 radical (unpaired) electrons. The molecule has 2 amide bonds. The number of rotatable bonds is 1. The molecule has 5 nitrogen and oxygen atoms in total. The number of phenolic OH excluding ortho intramolecular Hbond substituents is 1. The maximum atomic E-state index is 12.7. The van der Waals surface area contributed by atoms with Gasteiger partial charge in [0.05, 0.1) is 13.1 Å². The molecule has 0 unspecified atom stereocenters. The number of thiophene rings is 1. The molecule has 4 rings (SSSR count). The summed E-state index contributed by atoms with van der Waals surface area (Å²) in [7, 11) is 0. The van der Waals surface area contributed by atoms with Gasteiger partial charge in [-0.05, 0) is 49.6 Å². The van der Waals surface area contributed by atoms with Crippen molar-refractivity contribution in [3.63, 3.8) is 0 Å². The second kappa shape index (κ2) is 6.59. The van der Waals surface area contributed by atoms with Crippen molar-refractivity contribution in [2.45, 2.75) is 26.3 Å². The highest BCUT2D eigenvalue weighted by Crippen LogP contribution is 2.39. The van der Waals surface area contributed by atoms with E-state index in [1.54, 1.807) is 17.4 Å². The Morgan fingerprint density at radius 2 is 1.96 bits per heavy atom. The Labute approximate surface area is 151 Å². The number of likely N-dealkylation sites (tertiary alicyclic amines) is 1. The van der Waals surface area contributed by atoms with Crippen LogP contribution in [0, 0.1) is 6.92 Å². The van der Waals surface area contributed by atoms with Crippen LogP contribution in [0.5, 0.6) is 11.5 Å². The number of amides is 2. The van der Waals surface area contributed by atoms with Crippen LogP contribution >= 0.6 is 11.3 Å². The molecule has 1 saturated heterocycles. The van der Waals surface area contributed by atoms with Crippen molar-refractivity contribution in [3.8, 4) is 21.9 Å². The van der Waals surface area contributed by atoms with Gasteiger partial charge in [-0.1, -0.05) is 0 Å². The zero-order valence-corrected chi connectivity index (χ0v) is 15.1. The number of carbonyl (C=O) groups is 1. The molecule has 2 aromatic rings. The maximum absolute atomic E-state index is 12.7. The highest BCUT2D eigenvalue weighted by molar-refractivity contribution is 7.15. The third-order valence-corrected chi connectivity index (χ3v) is 5.84. The van der Waals surface area contributed by atoms with Crippen molar-refractivity contribution < 1.29 is 14.6 Å². The van der Waals surface area contributed by atoms with Gasteiger partial charge in [-0.3, -0.25) is 0 Å². The van der Waals surface area contributed by atoms with Gasteiger partial charge in [-0.15, -0.1) is 11.3 Å². The van der Waals surface area contributed by atoms with Gasteiger partial charge in [-0.25, -0.2) is 4.79 Å². The minimum absolute atomic E-state index is 0.0748. The number of phenols is 1. The summed E-state index contributed by atoms with van der Waals surface area (Å²) in [5, 5.41) is 10.4. The number of benzene rings is 1. The summed E-state index contributed by atoms with van der Waals surface area (Å²) >= 11 is 1.69. The first-order valence-electron chi connectivity index (χ1n) is 8.71. The van der Waals surface area contributed by atoms with E-state index < -0.39 is 0 Å². The second-order valence-corrected chi connectivity index (χ2v) is 7.93. The van der Waals surface area contributed by atoms with Gasteiger partial charge in [0.15, 0.2) is 11.5 Å². The molecule has 0 aliphatic carbocycles. The fourth-order valence-corrected chi connectivity index (χ4v) is 4.36.